The number of aliphatic carboxylic acids is 1. The van der Waals surface area contributed by atoms with Gasteiger partial charge in [-0.15, -0.1) is 0 Å². The minimum absolute atomic E-state index is 0.0648. The van der Waals surface area contributed by atoms with Gasteiger partial charge in [-0.25, -0.2) is 9.79 Å². The number of nitrogens with zero attached hydrogens (tertiary/aromatic N) is 1. The molecule has 4 nitrogen and oxygen atoms in total. The Morgan fingerprint density at radius 1 is 1.80 bits per heavy atom. The lowest BCUT2D eigenvalue weighted by Gasteiger charge is -2.02. The summed E-state index contributed by atoms with van der Waals surface area (Å²) >= 11 is 0. The molecule has 0 spiro atoms. The molecule has 0 saturated heterocycles. The highest BCUT2D eigenvalue weighted by atomic mass is 16.4. The van der Waals surface area contributed by atoms with Crippen LogP contribution in [0.15, 0.2) is 17.3 Å². The Morgan fingerprint density at radius 2 is 2.50 bits per heavy atom. The molecule has 0 aliphatic carbocycles. The summed E-state index contributed by atoms with van der Waals surface area (Å²) in [6, 6.07) is 0. The second-order valence-corrected chi connectivity index (χ2v) is 1.85. The Hall–Kier alpha value is -1.45. The number of rotatable bonds is 1. The van der Waals surface area contributed by atoms with Crippen molar-refractivity contribution in [2.24, 2.45) is 4.99 Å². The number of hydrogen-bond acceptors (Lipinski definition) is 3. The van der Waals surface area contributed by atoms with Gasteiger partial charge in [0.15, 0.2) is 5.71 Å². The molecule has 1 rings (SSSR count). The minimum Gasteiger partial charge on any atom is -0.476 e. The van der Waals surface area contributed by atoms with Crippen LogP contribution in [0.2, 0.25) is 0 Å². The highest BCUT2D eigenvalue weighted by Gasteiger charge is 2.15. The van der Waals surface area contributed by atoms with Crippen molar-refractivity contribution in [1.29, 1.82) is 5.41 Å². The molecular weight excluding hydrogens is 132 g/mol. The molecule has 4 heteroatoms. The molecule has 0 radical (unpaired) electrons. The molecule has 0 aromatic carbocycles. The van der Waals surface area contributed by atoms with Gasteiger partial charge in [0.2, 0.25) is 0 Å². The van der Waals surface area contributed by atoms with Gasteiger partial charge in [-0.1, -0.05) is 6.08 Å². The number of carboxylic acids is 1. The smallest absolute Gasteiger partial charge is 0.356 e. The SMILES string of the molecule is N=C1CC=CN=C1C(=O)O. The molecule has 0 amide bonds. The van der Waals surface area contributed by atoms with E-state index >= 15 is 0 Å². The fourth-order valence-corrected chi connectivity index (χ4v) is 0.657. The van der Waals surface area contributed by atoms with Crippen molar-refractivity contribution in [3.05, 3.63) is 12.3 Å². The van der Waals surface area contributed by atoms with Gasteiger partial charge in [-0.3, -0.25) is 0 Å². The summed E-state index contributed by atoms with van der Waals surface area (Å²) in [6.45, 7) is 0. The first-order valence-electron chi connectivity index (χ1n) is 2.75. The fourth-order valence-electron chi connectivity index (χ4n) is 0.657. The second kappa shape index (κ2) is 2.43. The molecule has 52 valence electrons. The average molecular weight is 138 g/mol. The van der Waals surface area contributed by atoms with Crippen molar-refractivity contribution >= 4 is 17.4 Å². The summed E-state index contributed by atoms with van der Waals surface area (Å²) in [7, 11) is 0. The number of aliphatic imine (C=N–C) groups is 1. The van der Waals surface area contributed by atoms with Gasteiger partial charge in [0.05, 0.1) is 5.71 Å². The second-order valence-electron chi connectivity index (χ2n) is 1.85. The largest absolute Gasteiger partial charge is 0.476 e. The van der Waals surface area contributed by atoms with E-state index in [1.807, 2.05) is 0 Å². The number of carboxylic acid groups (broad SMARTS) is 1. The van der Waals surface area contributed by atoms with Crippen LogP contribution in [0.4, 0.5) is 0 Å². The van der Waals surface area contributed by atoms with E-state index < -0.39 is 5.97 Å². The van der Waals surface area contributed by atoms with E-state index in [0.717, 1.165) is 0 Å². The summed E-state index contributed by atoms with van der Waals surface area (Å²) in [5, 5.41) is 15.5. The highest BCUT2D eigenvalue weighted by molar-refractivity contribution is 6.65. The summed E-state index contributed by atoms with van der Waals surface area (Å²) in [6.07, 6.45) is 3.42. The van der Waals surface area contributed by atoms with Crippen LogP contribution in [0, 0.1) is 5.41 Å². The van der Waals surface area contributed by atoms with E-state index in [-0.39, 0.29) is 11.4 Å². The van der Waals surface area contributed by atoms with Gasteiger partial charge in [0.1, 0.15) is 0 Å². The molecule has 1 aliphatic rings. The molecule has 1 aliphatic heterocycles. The zero-order chi connectivity index (χ0) is 7.56. The molecule has 0 fully saturated rings. The van der Waals surface area contributed by atoms with Crippen molar-refractivity contribution in [2.45, 2.75) is 6.42 Å². The number of carbonyl (C=O) groups is 1. The number of hydrogen-bond donors (Lipinski definition) is 2. The first kappa shape index (κ1) is 6.67. The van der Waals surface area contributed by atoms with E-state index in [4.69, 9.17) is 10.5 Å². The lowest BCUT2D eigenvalue weighted by Crippen LogP contribution is -2.23. The zero-order valence-corrected chi connectivity index (χ0v) is 5.16. The van der Waals surface area contributed by atoms with Gasteiger partial charge in [0.25, 0.3) is 0 Å². The van der Waals surface area contributed by atoms with E-state index in [0.29, 0.717) is 6.42 Å². The molecule has 0 atom stereocenters. The predicted molar refractivity (Wildman–Crippen MR) is 36.6 cm³/mol. The van der Waals surface area contributed by atoms with E-state index in [1.165, 1.54) is 6.20 Å². The average Bonchev–Trinajstić information content (AvgIpc) is 1.88. The van der Waals surface area contributed by atoms with Gasteiger partial charge >= 0.3 is 5.97 Å². The maximum atomic E-state index is 10.3. The topological polar surface area (TPSA) is 73.5 Å². The Labute approximate surface area is 57.4 Å². The monoisotopic (exact) mass is 138 g/mol. The van der Waals surface area contributed by atoms with Gasteiger partial charge < -0.3 is 10.5 Å². The van der Waals surface area contributed by atoms with Crippen molar-refractivity contribution in [2.75, 3.05) is 0 Å². The molecule has 0 unspecified atom stereocenters. The summed E-state index contributed by atoms with van der Waals surface area (Å²) in [4.78, 5) is 13.8. The van der Waals surface area contributed by atoms with Crippen LogP contribution in [-0.4, -0.2) is 22.5 Å². The van der Waals surface area contributed by atoms with E-state index in [9.17, 15) is 4.79 Å². The van der Waals surface area contributed by atoms with Crippen molar-refractivity contribution in [1.82, 2.24) is 0 Å². The predicted octanol–water partition coefficient (Wildman–Crippen LogP) is 0.449. The third-order valence-electron chi connectivity index (χ3n) is 1.12. The van der Waals surface area contributed by atoms with E-state index in [1.54, 1.807) is 6.08 Å². The molecule has 0 saturated carbocycles. The normalized spacial score (nSPS) is 16.8. The first-order valence-corrected chi connectivity index (χ1v) is 2.75. The Balaban J connectivity index is 2.91. The summed E-state index contributed by atoms with van der Waals surface area (Å²) in [5.74, 6) is -1.13. The molecular formula is C6H6N2O2. The van der Waals surface area contributed by atoms with Crippen LogP contribution in [0.1, 0.15) is 6.42 Å². The van der Waals surface area contributed by atoms with Crippen LogP contribution >= 0.6 is 0 Å². The van der Waals surface area contributed by atoms with Crippen LogP contribution < -0.4 is 0 Å². The van der Waals surface area contributed by atoms with Crippen LogP contribution in [0.25, 0.3) is 0 Å². The maximum Gasteiger partial charge on any atom is 0.356 e. The third kappa shape index (κ3) is 1.10. The highest BCUT2D eigenvalue weighted by Crippen LogP contribution is 1.98. The molecule has 2 N–H and O–H groups in total. The summed E-state index contributed by atoms with van der Waals surface area (Å²) < 4.78 is 0. The van der Waals surface area contributed by atoms with Crippen molar-refractivity contribution in [3.63, 3.8) is 0 Å². The van der Waals surface area contributed by atoms with Gasteiger partial charge in [-0.2, -0.15) is 0 Å². The lowest BCUT2D eigenvalue weighted by molar-refractivity contribution is -0.129. The zero-order valence-electron chi connectivity index (χ0n) is 5.16. The Morgan fingerprint density at radius 3 is 2.90 bits per heavy atom. The van der Waals surface area contributed by atoms with Crippen LogP contribution in [0.5, 0.6) is 0 Å². The third-order valence-corrected chi connectivity index (χ3v) is 1.12. The molecule has 0 bridgehead atoms. The minimum atomic E-state index is -1.13. The summed E-state index contributed by atoms with van der Waals surface area (Å²) in [5.41, 5.74) is -0.0856. The van der Waals surface area contributed by atoms with Crippen LogP contribution in [0.3, 0.4) is 0 Å². The Kier molecular flexibility index (Phi) is 1.62. The molecule has 10 heavy (non-hydrogen) atoms. The quantitative estimate of drug-likeness (QED) is 0.552. The lowest BCUT2D eigenvalue weighted by atomic mass is 10.1. The fraction of sp³-hybridized carbons (Fsp3) is 0.167. The van der Waals surface area contributed by atoms with Crippen molar-refractivity contribution < 1.29 is 9.90 Å². The standard InChI is InChI=1S/C6H6N2O2/c7-4-2-1-3-8-5(4)6(9)10/h1,3,7H,2H2,(H,9,10). The Bertz CT molecular complexity index is 240. The molecule has 0 aromatic heterocycles. The molecule has 1 heterocycles. The number of allylic oxidation sites excluding steroid dienone is 1. The number of nitrogens with one attached hydrogen (secondary N) is 1. The van der Waals surface area contributed by atoms with E-state index in [2.05, 4.69) is 4.99 Å². The maximum absolute atomic E-state index is 10.3. The van der Waals surface area contributed by atoms with Crippen molar-refractivity contribution in [3.8, 4) is 0 Å². The first-order chi connectivity index (χ1) is 4.72. The van der Waals surface area contributed by atoms with Gasteiger partial charge in [0, 0.05) is 12.6 Å². The van der Waals surface area contributed by atoms with Crippen LogP contribution in [-0.2, 0) is 4.79 Å². The molecule has 0 aromatic rings. The van der Waals surface area contributed by atoms with Gasteiger partial charge in [-0.05, 0) is 0 Å².